The number of fused-ring (bicyclic) bond motifs is 1. The highest BCUT2D eigenvalue weighted by molar-refractivity contribution is 5.64. The lowest BCUT2D eigenvalue weighted by Gasteiger charge is -2.12. The largest absolute Gasteiger partial charge is 0.514 e. The van der Waals surface area contributed by atoms with E-state index in [0.717, 1.165) is 0 Å². The van der Waals surface area contributed by atoms with Gasteiger partial charge in [0.2, 0.25) is 0 Å². The lowest BCUT2D eigenvalue weighted by molar-refractivity contribution is -0.384. The number of nitrogens with zero attached hydrogens (tertiary/aromatic N) is 1. The second-order valence-corrected chi connectivity index (χ2v) is 5.16. The number of benzene rings is 1. The number of carbonyl (C=O) groups excluding carboxylic acids is 1. The predicted molar refractivity (Wildman–Crippen MR) is 73.8 cm³/mol. The van der Waals surface area contributed by atoms with E-state index in [2.05, 4.69) is 0 Å². The summed E-state index contributed by atoms with van der Waals surface area (Å²) in [4.78, 5) is 21.8. The standard InChI is InChI=1S/C14H15NO8/c16-14(22-10-3-1-9(2-4-10)15(17)18)23-11-5-12-13(6-11)21-8-19-7-20-12/h1-4,11-13H,5-8H2. The molecule has 2 unspecified atom stereocenters. The molecule has 3 rings (SSSR count). The first kappa shape index (κ1) is 15.7. The van der Waals surface area contributed by atoms with Gasteiger partial charge in [0.1, 0.15) is 25.4 Å². The van der Waals surface area contributed by atoms with Crippen molar-refractivity contribution in [1.29, 1.82) is 0 Å². The Morgan fingerprint density at radius 3 is 2.30 bits per heavy atom. The van der Waals surface area contributed by atoms with Gasteiger partial charge in [0.05, 0.1) is 17.1 Å². The first-order valence-electron chi connectivity index (χ1n) is 7.05. The van der Waals surface area contributed by atoms with Crippen molar-refractivity contribution < 1.29 is 33.4 Å². The molecule has 0 amide bonds. The van der Waals surface area contributed by atoms with Gasteiger partial charge in [-0.2, -0.15) is 0 Å². The molecule has 1 heterocycles. The highest BCUT2D eigenvalue weighted by atomic mass is 16.8. The molecule has 124 valence electrons. The summed E-state index contributed by atoms with van der Waals surface area (Å²) in [6.07, 6.45) is -0.568. The van der Waals surface area contributed by atoms with Gasteiger partial charge in [0.25, 0.3) is 5.69 Å². The van der Waals surface area contributed by atoms with E-state index in [-0.39, 0.29) is 43.3 Å². The number of nitro groups is 1. The fourth-order valence-corrected chi connectivity index (χ4v) is 2.56. The van der Waals surface area contributed by atoms with Crippen LogP contribution in [0.3, 0.4) is 0 Å². The molecule has 9 heteroatoms. The maximum Gasteiger partial charge on any atom is 0.514 e. The van der Waals surface area contributed by atoms with Crippen LogP contribution in [0.25, 0.3) is 0 Å². The first-order valence-corrected chi connectivity index (χ1v) is 7.05. The number of nitro benzene ring substituents is 1. The van der Waals surface area contributed by atoms with Crippen LogP contribution in [0, 0.1) is 10.1 Å². The number of non-ortho nitro benzene ring substituents is 1. The smallest absolute Gasteiger partial charge is 0.430 e. The minimum absolute atomic E-state index is 0.0850. The van der Waals surface area contributed by atoms with E-state index in [9.17, 15) is 14.9 Å². The molecule has 2 aliphatic rings. The highest BCUT2D eigenvalue weighted by Gasteiger charge is 2.39. The Kier molecular flexibility index (Phi) is 4.70. The monoisotopic (exact) mass is 325 g/mol. The van der Waals surface area contributed by atoms with Crippen LogP contribution in [0.5, 0.6) is 5.75 Å². The third-order valence-corrected chi connectivity index (χ3v) is 3.65. The molecule has 1 aliphatic heterocycles. The normalized spacial score (nSPS) is 26.9. The van der Waals surface area contributed by atoms with Crippen LogP contribution in [0.2, 0.25) is 0 Å². The molecule has 2 fully saturated rings. The van der Waals surface area contributed by atoms with Crippen LogP contribution in [0.4, 0.5) is 10.5 Å². The van der Waals surface area contributed by atoms with Gasteiger partial charge in [-0.3, -0.25) is 10.1 Å². The predicted octanol–water partition coefficient (Wildman–Crippen LogP) is 1.99. The minimum atomic E-state index is -0.864. The highest BCUT2D eigenvalue weighted by Crippen LogP contribution is 2.29. The Morgan fingerprint density at radius 1 is 1.13 bits per heavy atom. The van der Waals surface area contributed by atoms with E-state index in [1.54, 1.807) is 0 Å². The Bertz CT molecular complexity index is 561. The summed E-state index contributed by atoms with van der Waals surface area (Å²) in [5.41, 5.74) is -0.0850. The average Bonchev–Trinajstić information content (AvgIpc) is 2.76. The SMILES string of the molecule is O=C(Oc1ccc([N+](=O)[O-])cc1)OC1CC2OCOCOC2C1. The number of hydrogen-bond acceptors (Lipinski definition) is 8. The van der Waals surface area contributed by atoms with Crippen molar-refractivity contribution in [2.45, 2.75) is 31.2 Å². The fraction of sp³-hybridized carbons (Fsp3) is 0.500. The summed E-state index contributed by atoms with van der Waals surface area (Å²) in [5.74, 6) is 0.175. The molecule has 1 aromatic carbocycles. The third kappa shape index (κ3) is 3.95. The molecule has 23 heavy (non-hydrogen) atoms. The van der Waals surface area contributed by atoms with Gasteiger partial charge in [-0.25, -0.2) is 4.79 Å². The van der Waals surface area contributed by atoms with E-state index < -0.39 is 11.1 Å². The number of carbonyl (C=O) groups is 1. The van der Waals surface area contributed by atoms with Crippen molar-refractivity contribution in [1.82, 2.24) is 0 Å². The van der Waals surface area contributed by atoms with Crippen LogP contribution in [-0.4, -0.2) is 43.0 Å². The van der Waals surface area contributed by atoms with Crippen LogP contribution >= 0.6 is 0 Å². The van der Waals surface area contributed by atoms with Crippen LogP contribution in [-0.2, 0) is 18.9 Å². The molecule has 1 saturated heterocycles. The Morgan fingerprint density at radius 2 is 1.74 bits per heavy atom. The zero-order valence-electron chi connectivity index (χ0n) is 12.1. The lowest BCUT2D eigenvalue weighted by atomic mass is 10.3. The van der Waals surface area contributed by atoms with Gasteiger partial charge in [0, 0.05) is 25.0 Å². The summed E-state index contributed by atoms with van der Waals surface area (Å²) >= 11 is 0. The molecule has 0 radical (unpaired) electrons. The fourth-order valence-electron chi connectivity index (χ4n) is 2.56. The van der Waals surface area contributed by atoms with E-state index >= 15 is 0 Å². The Labute approximate surface area is 131 Å². The van der Waals surface area contributed by atoms with Gasteiger partial charge in [-0.05, 0) is 12.1 Å². The van der Waals surface area contributed by atoms with Crippen molar-refractivity contribution in [3.05, 3.63) is 34.4 Å². The lowest BCUT2D eigenvalue weighted by Crippen LogP contribution is -2.23. The summed E-state index contributed by atoms with van der Waals surface area (Å²) in [5, 5.41) is 10.6. The molecule has 1 aliphatic carbocycles. The zero-order chi connectivity index (χ0) is 16.2. The van der Waals surface area contributed by atoms with E-state index in [0.29, 0.717) is 12.8 Å². The van der Waals surface area contributed by atoms with Gasteiger partial charge in [0.15, 0.2) is 0 Å². The van der Waals surface area contributed by atoms with Crippen LogP contribution in [0.15, 0.2) is 24.3 Å². The second-order valence-electron chi connectivity index (χ2n) is 5.16. The summed E-state index contributed by atoms with van der Waals surface area (Å²) in [7, 11) is 0. The van der Waals surface area contributed by atoms with Crippen molar-refractivity contribution in [2.24, 2.45) is 0 Å². The van der Waals surface area contributed by atoms with E-state index in [4.69, 9.17) is 23.7 Å². The molecule has 2 atom stereocenters. The molecule has 1 saturated carbocycles. The van der Waals surface area contributed by atoms with Gasteiger partial charge >= 0.3 is 6.16 Å². The molecular formula is C14H15NO8. The number of ether oxygens (including phenoxy) is 5. The topological polar surface area (TPSA) is 106 Å². The summed E-state index contributed by atoms with van der Waals surface area (Å²) < 4.78 is 26.2. The Hall–Kier alpha value is -2.23. The summed E-state index contributed by atoms with van der Waals surface area (Å²) in [6.45, 7) is 0.308. The second kappa shape index (κ2) is 6.90. The number of rotatable bonds is 3. The van der Waals surface area contributed by atoms with Crippen LogP contribution in [0.1, 0.15) is 12.8 Å². The molecular weight excluding hydrogens is 310 g/mol. The third-order valence-electron chi connectivity index (χ3n) is 3.65. The molecule has 9 nitrogen and oxygen atoms in total. The van der Waals surface area contributed by atoms with E-state index in [1.807, 2.05) is 0 Å². The minimum Gasteiger partial charge on any atom is -0.430 e. The van der Waals surface area contributed by atoms with Crippen molar-refractivity contribution in [2.75, 3.05) is 13.6 Å². The Balaban J connectivity index is 1.50. The zero-order valence-corrected chi connectivity index (χ0v) is 12.1. The number of hydrogen-bond donors (Lipinski definition) is 0. The van der Waals surface area contributed by atoms with E-state index in [1.165, 1.54) is 24.3 Å². The maximum absolute atomic E-state index is 11.8. The van der Waals surface area contributed by atoms with Crippen LogP contribution < -0.4 is 4.74 Å². The molecule has 0 aromatic heterocycles. The van der Waals surface area contributed by atoms with Gasteiger partial charge < -0.3 is 23.7 Å². The quantitative estimate of drug-likeness (QED) is 0.359. The molecule has 0 bridgehead atoms. The van der Waals surface area contributed by atoms with Gasteiger partial charge in [-0.15, -0.1) is 0 Å². The van der Waals surface area contributed by atoms with Crippen molar-refractivity contribution >= 4 is 11.8 Å². The first-order chi connectivity index (χ1) is 11.1. The van der Waals surface area contributed by atoms with Crippen molar-refractivity contribution in [3.8, 4) is 5.75 Å². The maximum atomic E-state index is 11.8. The molecule has 0 spiro atoms. The van der Waals surface area contributed by atoms with Gasteiger partial charge in [-0.1, -0.05) is 0 Å². The van der Waals surface area contributed by atoms with Crippen molar-refractivity contribution in [3.63, 3.8) is 0 Å². The average molecular weight is 325 g/mol. The molecule has 1 aromatic rings. The molecule has 0 N–H and O–H groups in total. The summed E-state index contributed by atoms with van der Waals surface area (Å²) in [6, 6.07) is 5.17.